The third kappa shape index (κ3) is 3.78. The van der Waals surface area contributed by atoms with Crippen LogP contribution < -0.4 is 14.4 Å². The minimum absolute atomic E-state index is 0.371. The Morgan fingerprint density at radius 2 is 1.78 bits per heavy atom. The van der Waals surface area contributed by atoms with Crippen molar-refractivity contribution in [3.63, 3.8) is 0 Å². The summed E-state index contributed by atoms with van der Waals surface area (Å²) in [7, 11) is 1.64. The highest BCUT2D eigenvalue weighted by atomic mass is 16.5. The molecule has 0 N–H and O–H groups in total. The molecule has 0 radical (unpaired) electrons. The number of hydrogen-bond donors (Lipinski definition) is 0. The number of nitrogens with zero attached hydrogens (tertiary/aromatic N) is 1. The van der Waals surface area contributed by atoms with E-state index in [4.69, 9.17) is 9.47 Å². The minimum Gasteiger partial charge on any atom is -0.493 e. The Labute approximate surface area is 137 Å². The van der Waals surface area contributed by atoms with Gasteiger partial charge in [-0.1, -0.05) is 42.2 Å². The lowest BCUT2D eigenvalue weighted by molar-refractivity contribution is 0.331. The van der Waals surface area contributed by atoms with Crippen LogP contribution in [-0.4, -0.2) is 26.8 Å². The number of benzene rings is 2. The van der Waals surface area contributed by atoms with Gasteiger partial charge in [0.15, 0.2) is 11.5 Å². The first-order valence-electron chi connectivity index (χ1n) is 7.93. The van der Waals surface area contributed by atoms with E-state index in [0.29, 0.717) is 6.61 Å². The number of ether oxygens (including phenoxy) is 2. The van der Waals surface area contributed by atoms with E-state index in [1.807, 2.05) is 24.3 Å². The number of para-hydroxylation sites is 3. The van der Waals surface area contributed by atoms with Crippen LogP contribution in [0.4, 0.5) is 5.69 Å². The molecule has 0 fully saturated rings. The lowest BCUT2D eigenvalue weighted by Crippen LogP contribution is -2.29. The maximum Gasteiger partial charge on any atom is 0.162 e. The van der Waals surface area contributed by atoms with Gasteiger partial charge < -0.3 is 14.4 Å². The molecule has 0 bridgehead atoms. The average Bonchev–Trinajstić information content (AvgIpc) is 2.62. The van der Waals surface area contributed by atoms with E-state index in [1.54, 1.807) is 7.11 Å². The summed E-state index contributed by atoms with van der Waals surface area (Å²) in [6.45, 7) is 2.18. The monoisotopic (exact) mass is 307 g/mol. The van der Waals surface area contributed by atoms with E-state index in [1.165, 1.54) is 17.7 Å². The Kier molecular flexibility index (Phi) is 5.06. The second kappa shape index (κ2) is 7.60. The molecule has 0 saturated heterocycles. The quantitative estimate of drug-likeness (QED) is 0.807. The summed E-state index contributed by atoms with van der Waals surface area (Å²) in [5.41, 5.74) is 2.74. The van der Waals surface area contributed by atoms with Crippen molar-refractivity contribution in [3.8, 4) is 23.3 Å². The predicted octanol–water partition coefficient (Wildman–Crippen LogP) is 3.53. The van der Waals surface area contributed by atoms with Crippen LogP contribution in [0.3, 0.4) is 0 Å². The molecule has 3 nitrogen and oxygen atoms in total. The van der Waals surface area contributed by atoms with Crippen LogP contribution in [0.1, 0.15) is 12.0 Å². The van der Waals surface area contributed by atoms with E-state index in [9.17, 15) is 0 Å². The van der Waals surface area contributed by atoms with Gasteiger partial charge in [0, 0.05) is 12.2 Å². The van der Waals surface area contributed by atoms with Crippen LogP contribution in [0.15, 0.2) is 48.5 Å². The minimum atomic E-state index is 0.371. The summed E-state index contributed by atoms with van der Waals surface area (Å²) in [5, 5.41) is 0. The van der Waals surface area contributed by atoms with Gasteiger partial charge in [-0.2, -0.15) is 0 Å². The first kappa shape index (κ1) is 15.3. The van der Waals surface area contributed by atoms with E-state index in [0.717, 1.165) is 31.0 Å². The SMILES string of the molecule is COc1ccccc1OCC#CCN1CCCc2ccccc21. The molecule has 0 amide bonds. The van der Waals surface area contributed by atoms with E-state index in [-0.39, 0.29) is 0 Å². The van der Waals surface area contributed by atoms with Crippen molar-refractivity contribution >= 4 is 5.69 Å². The molecule has 0 spiro atoms. The molecule has 2 aromatic rings. The Morgan fingerprint density at radius 3 is 2.65 bits per heavy atom. The van der Waals surface area contributed by atoms with Crippen molar-refractivity contribution in [2.24, 2.45) is 0 Å². The highest BCUT2D eigenvalue weighted by molar-refractivity contribution is 5.56. The molecule has 0 unspecified atom stereocenters. The first-order valence-corrected chi connectivity index (χ1v) is 7.93. The molecule has 1 aliphatic heterocycles. The normalized spacial score (nSPS) is 12.8. The van der Waals surface area contributed by atoms with Gasteiger partial charge in [0.1, 0.15) is 6.61 Å². The zero-order valence-electron chi connectivity index (χ0n) is 13.4. The zero-order chi connectivity index (χ0) is 15.9. The number of rotatable bonds is 4. The predicted molar refractivity (Wildman–Crippen MR) is 93.2 cm³/mol. The van der Waals surface area contributed by atoms with Crippen LogP contribution in [0.25, 0.3) is 0 Å². The first-order chi connectivity index (χ1) is 11.4. The van der Waals surface area contributed by atoms with Gasteiger partial charge in [-0.25, -0.2) is 0 Å². The van der Waals surface area contributed by atoms with Crippen molar-refractivity contribution in [2.75, 3.05) is 31.7 Å². The molecular weight excluding hydrogens is 286 g/mol. The van der Waals surface area contributed by atoms with Crippen molar-refractivity contribution in [2.45, 2.75) is 12.8 Å². The van der Waals surface area contributed by atoms with Crippen molar-refractivity contribution in [1.29, 1.82) is 0 Å². The zero-order valence-corrected chi connectivity index (χ0v) is 13.4. The van der Waals surface area contributed by atoms with Gasteiger partial charge >= 0.3 is 0 Å². The van der Waals surface area contributed by atoms with Crippen LogP contribution in [0, 0.1) is 11.8 Å². The van der Waals surface area contributed by atoms with E-state index >= 15 is 0 Å². The van der Waals surface area contributed by atoms with Crippen molar-refractivity contribution in [3.05, 3.63) is 54.1 Å². The summed E-state index contributed by atoms with van der Waals surface area (Å²) >= 11 is 0. The Morgan fingerprint density at radius 1 is 1.00 bits per heavy atom. The van der Waals surface area contributed by atoms with E-state index < -0.39 is 0 Å². The fourth-order valence-electron chi connectivity index (χ4n) is 2.83. The van der Waals surface area contributed by atoms with Crippen LogP contribution in [0.5, 0.6) is 11.5 Å². The van der Waals surface area contributed by atoms with Crippen molar-refractivity contribution < 1.29 is 9.47 Å². The molecule has 1 heterocycles. The smallest absolute Gasteiger partial charge is 0.162 e. The van der Waals surface area contributed by atoms with Gasteiger partial charge in [-0.15, -0.1) is 0 Å². The summed E-state index contributed by atoms with van der Waals surface area (Å²) in [4.78, 5) is 2.34. The number of aryl methyl sites for hydroxylation is 1. The number of hydrogen-bond acceptors (Lipinski definition) is 3. The maximum atomic E-state index is 5.67. The van der Waals surface area contributed by atoms with Gasteiger partial charge in [0.05, 0.1) is 13.7 Å². The third-order valence-electron chi connectivity index (χ3n) is 3.97. The molecule has 3 heteroatoms. The molecule has 0 atom stereocenters. The molecular formula is C20H21NO2. The lowest BCUT2D eigenvalue weighted by atomic mass is 10.0. The topological polar surface area (TPSA) is 21.7 Å². The summed E-state index contributed by atoms with van der Waals surface area (Å²) in [5.74, 6) is 7.77. The van der Waals surface area contributed by atoms with Crippen molar-refractivity contribution in [1.82, 2.24) is 0 Å². The van der Waals surface area contributed by atoms with Gasteiger partial charge in [-0.05, 0) is 36.6 Å². The van der Waals surface area contributed by atoms with Gasteiger partial charge in [0.2, 0.25) is 0 Å². The maximum absolute atomic E-state index is 5.67. The summed E-state index contributed by atoms with van der Waals surface area (Å²) in [6, 6.07) is 16.2. The Balaban J connectivity index is 1.55. The fourth-order valence-corrected chi connectivity index (χ4v) is 2.83. The lowest BCUT2D eigenvalue weighted by Gasteiger charge is -2.29. The molecule has 3 rings (SSSR count). The van der Waals surface area contributed by atoms with Crippen LogP contribution in [0.2, 0.25) is 0 Å². The van der Waals surface area contributed by atoms with Crippen LogP contribution >= 0.6 is 0 Å². The third-order valence-corrected chi connectivity index (χ3v) is 3.97. The molecule has 1 aliphatic rings. The molecule has 23 heavy (non-hydrogen) atoms. The highest BCUT2D eigenvalue weighted by Crippen LogP contribution is 2.26. The average molecular weight is 307 g/mol. The number of fused-ring (bicyclic) bond motifs is 1. The van der Waals surface area contributed by atoms with Crippen LogP contribution in [-0.2, 0) is 6.42 Å². The fraction of sp³-hybridized carbons (Fsp3) is 0.300. The molecule has 0 aliphatic carbocycles. The molecule has 0 saturated carbocycles. The molecule has 118 valence electrons. The summed E-state index contributed by atoms with van der Waals surface area (Å²) < 4.78 is 10.9. The highest BCUT2D eigenvalue weighted by Gasteiger charge is 2.14. The second-order valence-electron chi connectivity index (χ2n) is 5.45. The van der Waals surface area contributed by atoms with Gasteiger partial charge in [-0.3, -0.25) is 0 Å². The standard InChI is InChI=1S/C20H21NO2/c1-22-19-12-4-5-13-20(19)23-16-7-6-14-21-15-8-10-17-9-2-3-11-18(17)21/h2-5,9,11-13H,8,10,14-16H2,1H3. The largest absolute Gasteiger partial charge is 0.493 e. The molecule has 2 aromatic carbocycles. The molecule has 0 aromatic heterocycles. The van der Waals surface area contributed by atoms with Gasteiger partial charge in [0.25, 0.3) is 0 Å². The Bertz CT molecular complexity index is 715. The summed E-state index contributed by atoms with van der Waals surface area (Å²) in [6.07, 6.45) is 2.35. The number of methoxy groups -OCH3 is 1. The Hall–Kier alpha value is -2.60. The second-order valence-corrected chi connectivity index (χ2v) is 5.45. The number of anilines is 1. The van der Waals surface area contributed by atoms with E-state index in [2.05, 4.69) is 41.0 Å².